The fourth-order valence-electron chi connectivity index (χ4n) is 2.80. The first-order valence-electron chi connectivity index (χ1n) is 7.89. The van der Waals surface area contributed by atoms with Crippen LogP contribution in [0.15, 0.2) is 24.3 Å². The molecule has 2 rings (SSSR count). The van der Waals surface area contributed by atoms with Gasteiger partial charge in [-0.15, -0.1) is 0 Å². The van der Waals surface area contributed by atoms with E-state index < -0.39 is 0 Å². The fraction of sp³-hybridized carbons (Fsp3) is 0.588. The van der Waals surface area contributed by atoms with Gasteiger partial charge in [0.05, 0.1) is 18.8 Å². The van der Waals surface area contributed by atoms with Gasteiger partial charge in [0.15, 0.2) is 0 Å². The van der Waals surface area contributed by atoms with Crippen molar-refractivity contribution in [1.82, 2.24) is 5.32 Å². The molecular formula is C17H24FNO3. The minimum absolute atomic E-state index is 0.0248. The Morgan fingerprint density at radius 1 is 1.36 bits per heavy atom. The number of hydrogen-bond donors (Lipinski definition) is 1. The number of benzene rings is 1. The van der Waals surface area contributed by atoms with Gasteiger partial charge in [0.2, 0.25) is 5.91 Å². The molecule has 1 aliphatic carbocycles. The van der Waals surface area contributed by atoms with Crippen LogP contribution in [0.25, 0.3) is 0 Å². The summed E-state index contributed by atoms with van der Waals surface area (Å²) < 4.78 is 23.8. The Bertz CT molecular complexity index is 481. The highest BCUT2D eigenvalue weighted by Crippen LogP contribution is 2.20. The standard InChI is InChI=1S/C17H24FNO3/c1-21-16-9-3-2-8-15(16)19-17(20)10-5-11-22-14-7-4-6-13(18)12-14/h4,6-7,12,15-16H,2-3,5,8-11H2,1H3,(H,19,20)/t15-,16-/m0/s1. The second-order valence-electron chi connectivity index (χ2n) is 5.64. The van der Waals surface area contributed by atoms with E-state index in [0.29, 0.717) is 25.2 Å². The van der Waals surface area contributed by atoms with E-state index in [4.69, 9.17) is 9.47 Å². The highest BCUT2D eigenvalue weighted by molar-refractivity contribution is 5.76. The van der Waals surface area contributed by atoms with E-state index in [2.05, 4.69) is 5.32 Å². The molecule has 122 valence electrons. The van der Waals surface area contributed by atoms with Crippen LogP contribution >= 0.6 is 0 Å². The molecule has 4 nitrogen and oxygen atoms in total. The van der Waals surface area contributed by atoms with Crippen LogP contribution in [0, 0.1) is 5.82 Å². The van der Waals surface area contributed by atoms with Crippen molar-refractivity contribution < 1.29 is 18.7 Å². The van der Waals surface area contributed by atoms with Gasteiger partial charge in [-0.05, 0) is 31.4 Å². The monoisotopic (exact) mass is 309 g/mol. The van der Waals surface area contributed by atoms with Crippen molar-refractivity contribution in [1.29, 1.82) is 0 Å². The molecule has 1 N–H and O–H groups in total. The summed E-state index contributed by atoms with van der Waals surface area (Å²) in [5.41, 5.74) is 0. The third kappa shape index (κ3) is 5.30. The van der Waals surface area contributed by atoms with Crippen molar-refractivity contribution in [3.8, 4) is 5.75 Å². The van der Waals surface area contributed by atoms with Gasteiger partial charge in [0, 0.05) is 19.6 Å². The number of rotatable bonds is 7. The minimum Gasteiger partial charge on any atom is -0.493 e. The zero-order chi connectivity index (χ0) is 15.8. The molecule has 22 heavy (non-hydrogen) atoms. The van der Waals surface area contributed by atoms with E-state index >= 15 is 0 Å². The van der Waals surface area contributed by atoms with Crippen molar-refractivity contribution in [3.63, 3.8) is 0 Å². The second-order valence-corrected chi connectivity index (χ2v) is 5.64. The number of ether oxygens (including phenoxy) is 2. The van der Waals surface area contributed by atoms with Gasteiger partial charge in [0.25, 0.3) is 0 Å². The highest BCUT2D eigenvalue weighted by atomic mass is 19.1. The largest absolute Gasteiger partial charge is 0.493 e. The maximum atomic E-state index is 13.0. The molecule has 1 fully saturated rings. The average molecular weight is 309 g/mol. The lowest BCUT2D eigenvalue weighted by molar-refractivity contribution is -0.123. The van der Waals surface area contributed by atoms with E-state index in [1.165, 1.54) is 12.1 Å². The lowest BCUT2D eigenvalue weighted by Gasteiger charge is -2.31. The summed E-state index contributed by atoms with van der Waals surface area (Å²) >= 11 is 0. The molecule has 0 bridgehead atoms. The van der Waals surface area contributed by atoms with E-state index in [9.17, 15) is 9.18 Å². The quantitative estimate of drug-likeness (QED) is 0.788. The van der Waals surface area contributed by atoms with Gasteiger partial charge in [-0.2, -0.15) is 0 Å². The molecule has 0 radical (unpaired) electrons. The molecule has 0 spiro atoms. The van der Waals surface area contributed by atoms with Crippen molar-refractivity contribution in [2.45, 2.75) is 50.7 Å². The third-order valence-electron chi connectivity index (χ3n) is 3.96. The van der Waals surface area contributed by atoms with E-state index in [1.807, 2.05) is 0 Å². The van der Waals surface area contributed by atoms with Crippen molar-refractivity contribution >= 4 is 5.91 Å². The molecule has 1 aliphatic rings. The van der Waals surface area contributed by atoms with Gasteiger partial charge >= 0.3 is 0 Å². The van der Waals surface area contributed by atoms with E-state index in [0.717, 1.165) is 25.7 Å². The summed E-state index contributed by atoms with van der Waals surface area (Å²) in [4.78, 5) is 12.0. The molecule has 0 unspecified atom stereocenters. The van der Waals surface area contributed by atoms with E-state index in [1.54, 1.807) is 19.2 Å². The molecule has 0 aliphatic heterocycles. The maximum absolute atomic E-state index is 13.0. The fourth-order valence-corrected chi connectivity index (χ4v) is 2.80. The molecule has 5 heteroatoms. The average Bonchev–Trinajstić information content (AvgIpc) is 2.52. The molecule has 1 aromatic rings. The zero-order valence-corrected chi connectivity index (χ0v) is 13.0. The predicted octanol–water partition coefficient (Wildman–Crippen LogP) is 3.06. The van der Waals surface area contributed by atoms with Gasteiger partial charge < -0.3 is 14.8 Å². The summed E-state index contributed by atoms with van der Waals surface area (Å²) in [7, 11) is 1.70. The molecule has 0 heterocycles. The van der Waals surface area contributed by atoms with Crippen molar-refractivity contribution in [2.24, 2.45) is 0 Å². The van der Waals surface area contributed by atoms with Crippen LogP contribution in [0.2, 0.25) is 0 Å². The summed E-state index contributed by atoms with van der Waals surface area (Å²) in [5, 5.41) is 3.05. The minimum atomic E-state index is -0.321. The normalized spacial score (nSPS) is 21.4. The Kier molecular flexibility index (Phi) is 6.65. The number of amides is 1. The SMILES string of the molecule is CO[C@H]1CCCC[C@@H]1NC(=O)CCCOc1cccc(F)c1. The molecule has 1 saturated carbocycles. The van der Waals surface area contributed by atoms with Crippen LogP contribution in [0.5, 0.6) is 5.75 Å². The van der Waals surface area contributed by atoms with Crippen LogP contribution in [0.4, 0.5) is 4.39 Å². The van der Waals surface area contributed by atoms with Crippen LogP contribution in [0.1, 0.15) is 38.5 Å². The lowest BCUT2D eigenvalue weighted by Crippen LogP contribution is -2.45. The van der Waals surface area contributed by atoms with Crippen LogP contribution in [-0.4, -0.2) is 31.8 Å². The first-order valence-corrected chi connectivity index (χ1v) is 7.89. The van der Waals surface area contributed by atoms with Crippen LogP contribution in [-0.2, 0) is 9.53 Å². The van der Waals surface area contributed by atoms with Gasteiger partial charge in [-0.1, -0.05) is 18.9 Å². The predicted molar refractivity (Wildman–Crippen MR) is 82.3 cm³/mol. The van der Waals surface area contributed by atoms with Crippen LogP contribution in [0.3, 0.4) is 0 Å². The summed E-state index contributed by atoms with van der Waals surface area (Å²) in [6.45, 7) is 0.398. The molecule has 0 saturated heterocycles. The van der Waals surface area contributed by atoms with Crippen molar-refractivity contribution in [3.05, 3.63) is 30.1 Å². The molecule has 1 aromatic carbocycles. The number of nitrogens with one attached hydrogen (secondary N) is 1. The Morgan fingerprint density at radius 2 is 2.18 bits per heavy atom. The number of halogens is 1. The third-order valence-corrected chi connectivity index (χ3v) is 3.96. The zero-order valence-electron chi connectivity index (χ0n) is 13.0. The summed E-state index contributed by atoms with van der Waals surface area (Å²) in [6, 6.07) is 6.14. The Hall–Kier alpha value is -1.62. The number of methoxy groups -OCH3 is 1. The summed E-state index contributed by atoms with van der Waals surface area (Å²) in [6.07, 6.45) is 5.41. The van der Waals surface area contributed by atoms with Crippen LogP contribution < -0.4 is 10.1 Å². The molecular weight excluding hydrogens is 285 g/mol. The molecule has 1 amide bonds. The molecule has 0 aromatic heterocycles. The van der Waals surface area contributed by atoms with Crippen molar-refractivity contribution in [2.75, 3.05) is 13.7 Å². The number of hydrogen-bond acceptors (Lipinski definition) is 3. The lowest BCUT2D eigenvalue weighted by atomic mass is 9.92. The smallest absolute Gasteiger partial charge is 0.220 e. The Morgan fingerprint density at radius 3 is 2.95 bits per heavy atom. The Balaban J connectivity index is 1.65. The topological polar surface area (TPSA) is 47.6 Å². The highest BCUT2D eigenvalue weighted by Gasteiger charge is 2.25. The van der Waals surface area contributed by atoms with Gasteiger partial charge in [-0.3, -0.25) is 4.79 Å². The number of carbonyl (C=O) groups excluding carboxylic acids is 1. The van der Waals surface area contributed by atoms with Gasteiger partial charge in [0.1, 0.15) is 11.6 Å². The van der Waals surface area contributed by atoms with E-state index in [-0.39, 0.29) is 23.9 Å². The van der Waals surface area contributed by atoms with Gasteiger partial charge in [-0.25, -0.2) is 4.39 Å². The molecule has 2 atom stereocenters. The first kappa shape index (κ1) is 16.7. The summed E-state index contributed by atoms with van der Waals surface area (Å²) in [5.74, 6) is 0.196. The number of carbonyl (C=O) groups is 1. The maximum Gasteiger partial charge on any atom is 0.220 e. The second kappa shape index (κ2) is 8.73. The Labute approximate surface area is 131 Å². The first-order chi connectivity index (χ1) is 10.7.